The summed E-state index contributed by atoms with van der Waals surface area (Å²) < 4.78 is 56.0. The van der Waals surface area contributed by atoms with Gasteiger partial charge in [-0.1, -0.05) is 16.8 Å². The Labute approximate surface area is 153 Å². The highest BCUT2D eigenvalue weighted by Crippen LogP contribution is 2.33. The van der Waals surface area contributed by atoms with Crippen molar-refractivity contribution < 1.29 is 26.9 Å². The van der Waals surface area contributed by atoms with E-state index in [1.807, 2.05) is 0 Å². The smallest absolute Gasteiger partial charge is 0.383 e. The molecule has 0 unspecified atom stereocenters. The highest BCUT2D eigenvalue weighted by atomic mass is 35.5. The minimum absolute atomic E-state index is 0.110. The maximum absolute atomic E-state index is 13.4. The third kappa shape index (κ3) is 3.85. The Bertz CT molecular complexity index is 1020. The van der Waals surface area contributed by atoms with Crippen molar-refractivity contribution in [2.45, 2.75) is 6.18 Å². The number of aromatic nitrogens is 2. The van der Waals surface area contributed by atoms with Gasteiger partial charge in [0.2, 0.25) is 0 Å². The zero-order valence-corrected chi connectivity index (χ0v) is 13.9. The molecule has 6 nitrogen and oxygen atoms in total. The second-order valence-electron chi connectivity index (χ2n) is 5.28. The Morgan fingerprint density at radius 1 is 1.19 bits per heavy atom. The summed E-state index contributed by atoms with van der Waals surface area (Å²) in [6.07, 6.45) is -4.29. The molecule has 0 fully saturated rings. The molecule has 0 radical (unpaired) electrons. The molecule has 2 aromatic heterocycles. The molecule has 11 heteroatoms. The molecule has 0 bridgehead atoms. The molecule has 0 aliphatic rings. The first-order valence-corrected chi connectivity index (χ1v) is 7.59. The van der Waals surface area contributed by atoms with E-state index in [0.717, 1.165) is 6.07 Å². The van der Waals surface area contributed by atoms with Crippen LogP contribution >= 0.6 is 11.6 Å². The van der Waals surface area contributed by atoms with Crippen molar-refractivity contribution in [3.8, 4) is 11.1 Å². The van der Waals surface area contributed by atoms with E-state index < -0.39 is 29.2 Å². The van der Waals surface area contributed by atoms with Crippen LogP contribution in [0.1, 0.15) is 16.1 Å². The van der Waals surface area contributed by atoms with Crippen LogP contribution in [0, 0.1) is 5.82 Å². The molecule has 1 aromatic carbocycles. The molecule has 0 spiro atoms. The Morgan fingerprint density at radius 2 is 1.93 bits per heavy atom. The number of amides is 1. The first-order valence-electron chi connectivity index (χ1n) is 7.21. The van der Waals surface area contributed by atoms with Gasteiger partial charge < -0.3 is 15.6 Å². The van der Waals surface area contributed by atoms with Gasteiger partial charge in [-0.05, 0) is 30.3 Å². The number of alkyl halides is 3. The molecule has 2 heterocycles. The van der Waals surface area contributed by atoms with Gasteiger partial charge >= 0.3 is 6.18 Å². The van der Waals surface area contributed by atoms with Crippen LogP contribution in [0.25, 0.3) is 11.1 Å². The fraction of sp³-hybridized carbons (Fsp3) is 0.0625. The van der Waals surface area contributed by atoms with Gasteiger partial charge in [0.15, 0.2) is 5.69 Å². The van der Waals surface area contributed by atoms with Gasteiger partial charge in [-0.3, -0.25) is 4.79 Å². The fourth-order valence-corrected chi connectivity index (χ4v) is 2.48. The third-order valence-electron chi connectivity index (χ3n) is 3.47. The molecule has 0 aliphatic heterocycles. The molecule has 3 aromatic rings. The van der Waals surface area contributed by atoms with Crippen molar-refractivity contribution in [2.24, 2.45) is 0 Å². The van der Waals surface area contributed by atoms with Crippen molar-refractivity contribution in [3.63, 3.8) is 0 Å². The molecular formula is C16H9ClF4N4O2. The molecular weight excluding hydrogens is 392 g/mol. The molecule has 140 valence electrons. The van der Waals surface area contributed by atoms with Crippen LogP contribution in [0.15, 0.2) is 41.1 Å². The van der Waals surface area contributed by atoms with Gasteiger partial charge in [0.25, 0.3) is 5.91 Å². The van der Waals surface area contributed by atoms with Gasteiger partial charge in [-0.25, -0.2) is 9.37 Å². The zero-order valence-electron chi connectivity index (χ0n) is 13.1. The minimum atomic E-state index is -4.86. The van der Waals surface area contributed by atoms with E-state index in [0.29, 0.717) is 11.8 Å². The zero-order chi connectivity index (χ0) is 19.8. The first-order chi connectivity index (χ1) is 12.7. The highest BCUT2D eigenvalue weighted by molar-refractivity contribution is 6.33. The molecule has 3 rings (SSSR count). The van der Waals surface area contributed by atoms with Gasteiger partial charge in [-0.2, -0.15) is 13.2 Å². The monoisotopic (exact) mass is 400 g/mol. The number of halogens is 5. The predicted octanol–water partition coefficient (Wildman–Crippen LogP) is 4.38. The number of hydrogen-bond acceptors (Lipinski definition) is 5. The number of carbonyl (C=O) groups excluding carboxylic acids is 1. The molecule has 0 aliphatic carbocycles. The molecule has 0 atom stereocenters. The van der Waals surface area contributed by atoms with E-state index in [-0.39, 0.29) is 22.2 Å². The van der Waals surface area contributed by atoms with Crippen molar-refractivity contribution in [1.82, 2.24) is 10.1 Å². The summed E-state index contributed by atoms with van der Waals surface area (Å²) in [7, 11) is 0. The number of hydrogen-bond donors (Lipinski definition) is 2. The number of nitrogen functional groups attached to an aromatic ring is 1. The second-order valence-corrected chi connectivity index (χ2v) is 5.69. The summed E-state index contributed by atoms with van der Waals surface area (Å²) >= 11 is 6.01. The van der Waals surface area contributed by atoms with Crippen LogP contribution < -0.4 is 11.1 Å². The average Bonchev–Trinajstić information content (AvgIpc) is 3.08. The van der Waals surface area contributed by atoms with Crippen LogP contribution in [0.5, 0.6) is 0 Å². The molecule has 0 saturated carbocycles. The maximum Gasteiger partial charge on any atom is 0.437 e. The second kappa shape index (κ2) is 6.88. The lowest BCUT2D eigenvalue weighted by Gasteiger charge is -2.10. The molecule has 0 saturated heterocycles. The summed E-state index contributed by atoms with van der Waals surface area (Å²) in [5.74, 6) is -1.91. The SMILES string of the molecule is Nc1nc(NC(=O)c2conc2C(F)(F)F)ccc1-c1cc(F)ccc1Cl. The number of carbonyl (C=O) groups is 1. The lowest BCUT2D eigenvalue weighted by atomic mass is 10.1. The van der Waals surface area contributed by atoms with Crippen LogP contribution in [0.2, 0.25) is 5.02 Å². The summed E-state index contributed by atoms with van der Waals surface area (Å²) in [6.45, 7) is 0. The highest BCUT2D eigenvalue weighted by Gasteiger charge is 2.39. The number of anilines is 2. The van der Waals surface area contributed by atoms with Gasteiger partial charge in [-0.15, -0.1) is 0 Å². The third-order valence-corrected chi connectivity index (χ3v) is 3.80. The Balaban J connectivity index is 1.88. The van der Waals surface area contributed by atoms with Crippen LogP contribution in [0.4, 0.5) is 29.2 Å². The normalized spacial score (nSPS) is 11.4. The average molecular weight is 401 g/mol. The molecule has 1 amide bonds. The van der Waals surface area contributed by atoms with Crippen LogP contribution in [-0.2, 0) is 6.18 Å². The lowest BCUT2D eigenvalue weighted by Crippen LogP contribution is -2.18. The Hall–Kier alpha value is -3.14. The lowest BCUT2D eigenvalue weighted by molar-refractivity contribution is -0.143. The summed E-state index contributed by atoms with van der Waals surface area (Å²) in [5, 5.41) is 5.17. The topological polar surface area (TPSA) is 94.0 Å². The van der Waals surface area contributed by atoms with Crippen molar-refractivity contribution in [1.29, 1.82) is 0 Å². The Morgan fingerprint density at radius 3 is 2.59 bits per heavy atom. The Kier molecular flexibility index (Phi) is 4.75. The van der Waals surface area contributed by atoms with Crippen LogP contribution in [-0.4, -0.2) is 16.0 Å². The van der Waals surface area contributed by atoms with E-state index in [1.165, 1.54) is 24.3 Å². The number of nitrogens with zero attached hydrogens (tertiary/aromatic N) is 2. The van der Waals surface area contributed by atoms with Gasteiger partial charge in [0.1, 0.15) is 29.3 Å². The van der Waals surface area contributed by atoms with E-state index in [4.69, 9.17) is 17.3 Å². The van der Waals surface area contributed by atoms with E-state index in [9.17, 15) is 22.4 Å². The van der Waals surface area contributed by atoms with E-state index in [2.05, 4.69) is 20.0 Å². The van der Waals surface area contributed by atoms with E-state index in [1.54, 1.807) is 0 Å². The van der Waals surface area contributed by atoms with Gasteiger partial charge in [0, 0.05) is 16.1 Å². The summed E-state index contributed by atoms with van der Waals surface area (Å²) in [6, 6.07) is 6.34. The number of nitrogens with one attached hydrogen (secondary N) is 1. The van der Waals surface area contributed by atoms with E-state index >= 15 is 0 Å². The number of pyridine rings is 1. The number of nitrogens with two attached hydrogens (primary N) is 1. The quantitative estimate of drug-likeness (QED) is 0.636. The first kappa shape index (κ1) is 18.6. The fourth-order valence-electron chi connectivity index (χ4n) is 2.26. The summed E-state index contributed by atoms with van der Waals surface area (Å²) in [5.41, 5.74) is 4.11. The van der Waals surface area contributed by atoms with Gasteiger partial charge in [0.05, 0.1) is 0 Å². The maximum atomic E-state index is 13.4. The van der Waals surface area contributed by atoms with Crippen molar-refractivity contribution >= 4 is 29.1 Å². The van der Waals surface area contributed by atoms with Crippen LogP contribution in [0.3, 0.4) is 0 Å². The standard InChI is InChI=1S/C16H9ClF4N4O2/c17-11-3-1-7(18)5-9(11)8-2-4-12(23-14(8)22)24-15(26)10-6-27-25-13(10)16(19,20)21/h1-6H,(H3,22,23,24,26). The minimum Gasteiger partial charge on any atom is -0.383 e. The van der Waals surface area contributed by atoms with Crippen molar-refractivity contribution in [3.05, 3.63) is 58.7 Å². The largest absolute Gasteiger partial charge is 0.437 e. The number of benzene rings is 1. The predicted molar refractivity (Wildman–Crippen MR) is 88.5 cm³/mol. The molecule has 27 heavy (non-hydrogen) atoms. The summed E-state index contributed by atoms with van der Waals surface area (Å²) in [4.78, 5) is 15.9. The van der Waals surface area contributed by atoms with Crippen molar-refractivity contribution in [2.75, 3.05) is 11.1 Å². The number of rotatable bonds is 3. The molecule has 3 N–H and O–H groups in total.